The lowest BCUT2D eigenvalue weighted by Crippen LogP contribution is -2.13. The van der Waals surface area contributed by atoms with E-state index in [1.807, 2.05) is 35.3 Å². The molecule has 1 aromatic heterocycles. The predicted molar refractivity (Wildman–Crippen MR) is 79.8 cm³/mol. The second kappa shape index (κ2) is 6.94. The van der Waals surface area contributed by atoms with Gasteiger partial charge in [-0.25, -0.2) is 4.98 Å². The molecule has 0 radical (unpaired) electrons. The average Bonchev–Trinajstić information content (AvgIpc) is 2.82. The molecule has 3 nitrogen and oxygen atoms in total. The highest BCUT2D eigenvalue weighted by Gasteiger charge is 2.02. The molecule has 0 saturated heterocycles. The third-order valence-electron chi connectivity index (χ3n) is 2.77. The monoisotopic (exact) mass is 297 g/mol. The van der Waals surface area contributed by atoms with Crippen molar-refractivity contribution in [1.29, 1.82) is 0 Å². The number of aromatic nitrogens is 2. The fourth-order valence-electron chi connectivity index (χ4n) is 1.83. The summed E-state index contributed by atoms with van der Waals surface area (Å²) in [5, 5.41) is 4.50. The molecule has 0 fully saturated rings. The molecule has 19 heavy (non-hydrogen) atoms. The molecule has 0 unspecified atom stereocenters. The van der Waals surface area contributed by atoms with Gasteiger partial charge in [-0.3, -0.25) is 0 Å². The number of imidazole rings is 1. The maximum absolute atomic E-state index is 6.00. The van der Waals surface area contributed by atoms with E-state index in [1.54, 1.807) is 0 Å². The van der Waals surface area contributed by atoms with Crippen molar-refractivity contribution in [2.75, 3.05) is 6.54 Å². The van der Waals surface area contributed by atoms with Crippen LogP contribution >= 0.6 is 23.2 Å². The Balaban J connectivity index is 1.97. The summed E-state index contributed by atoms with van der Waals surface area (Å²) in [5.41, 5.74) is 2.16. The van der Waals surface area contributed by atoms with Crippen molar-refractivity contribution in [3.8, 4) is 0 Å². The summed E-state index contributed by atoms with van der Waals surface area (Å²) >= 11 is 11.9. The van der Waals surface area contributed by atoms with Crippen LogP contribution in [0.1, 0.15) is 24.6 Å². The molecule has 0 aliphatic heterocycles. The molecule has 0 bridgehead atoms. The van der Waals surface area contributed by atoms with Gasteiger partial charge in [0.25, 0.3) is 0 Å². The quantitative estimate of drug-likeness (QED) is 0.823. The molecule has 1 N–H and O–H groups in total. The number of halogens is 2. The summed E-state index contributed by atoms with van der Waals surface area (Å²) in [5.74, 6) is 0. The summed E-state index contributed by atoms with van der Waals surface area (Å²) in [6.07, 6.45) is 5.01. The first-order chi connectivity index (χ1) is 9.19. The zero-order valence-electron chi connectivity index (χ0n) is 10.9. The van der Waals surface area contributed by atoms with Crippen LogP contribution in [-0.4, -0.2) is 16.1 Å². The second-order valence-electron chi connectivity index (χ2n) is 4.46. The number of hydrogen-bond acceptors (Lipinski definition) is 2. The first-order valence-corrected chi connectivity index (χ1v) is 7.10. The first-order valence-electron chi connectivity index (χ1n) is 6.34. The molecule has 0 spiro atoms. The van der Waals surface area contributed by atoms with Crippen LogP contribution in [0.4, 0.5) is 0 Å². The number of benzene rings is 1. The lowest BCUT2D eigenvalue weighted by atomic mass is 10.2. The van der Waals surface area contributed by atoms with Gasteiger partial charge in [-0.2, -0.15) is 0 Å². The van der Waals surface area contributed by atoms with Gasteiger partial charge in [0, 0.05) is 19.3 Å². The standard InChI is InChI=1S/C14H17Cl2N3/c1-2-5-17-7-12-9-19(10-18-12)8-11-3-4-13(15)14(16)6-11/h3-4,6,9-10,17H,2,5,7-8H2,1H3. The average molecular weight is 298 g/mol. The van der Waals surface area contributed by atoms with Crippen molar-refractivity contribution in [2.45, 2.75) is 26.4 Å². The molecule has 2 rings (SSSR count). The Morgan fingerprint density at radius 1 is 1.26 bits per heavy atom. The summed E-state index contributed by atoms with van der Waals surface area (Å²) in [6, 6.07) is 5.68. The van der Waals surface area contributed by atoms with Gasteiger partial charge in [0.1, 0.15) is 0 Å². The van der Waals surface area contributed by atoms with Crippen LogP contribution in [0.5, 0.6) is 0 Å². The molecule has 1 aromatic carbocycles. The third kappa shape index (κ3) is 4.23. The van der Waals surface area contributed by atoms with Crippen LogP contribution in [0.3, 0.4) is 0 Å². The molecule has 2 aromatic rings. The van der Waals surface area contributed by atoms with Crippen molar-refractivity contribution in [3.63, 3.8) is 0 Å². The molecule has 0 amide bonds. The van der Waals surface area contributed by atoms with Gasteiger partial charge < -0.3 is 9.88 Å². The number of nitrogens with one attached hydrogen (secondary N) is 1. The normalized spacial score (nSPS) is 10.9. The van der Waals surface area contributed by atoms with E-state index in [9.17, 15) is 0 Å². The molecule has 102 valence electrons. The fourth-order valence-corrected chi connectivity index (χ4v) is 2.15. The molecule has 0 aliphatic rings. The van der Waals surface area contributed by atoms with Gasteiger partial charge in [0.05, 0.1) is 22.1 Å². The molecule has 0 aliphatic carbocycles. The molecule has 0 atom stereocenters. The van der Waals surface area contributed by atoms with Crippen LogP contribution in [0.2, 0.25) is 10.0 Å². The Morgan fingerprint density at radius 2 is 2.11 bits per heavy atom. The summed E-state index contributed by atoms with van der Waals surface area (Å²) in [7, 11) is 0. The van der Waals surface area contributed by atoms with Crippen molar-refractivity contribution in [1.82, 2.24) is 14.9 Å². The maximum atomic E-state index is 6.00. The topological polar surface area (TPSA) is 29.9 Å². The third-order valence-corrected chi connectivity index (χ3v) is 3.51. The number of rotatable bonds is 6. The number of hydrogen-bond donors (Lipinski definition) is 1. The summed E-state index contributed by atoms with van der Waals surface area (Å²) < 4.78 is 2.04. The minimum Gasteiger partial charge on any atom is -0.333 e. The zero-order valence-corrected chi connectivity index (χ0v) is 12.4. The molecule has 1 heterocycles. The molecule has 5 heteroatoms. The minimum absolute atomic E-state index is 0.584. The van der Waals surface area contributed by atoms with E-state index < -0.39 is 0 Å². The lowest BCUT2D eigenvalue weighted by molar-refractivity contribution is 0.665. The summed E-state index contributed by atoms with van der Waals surface area (Å²) in [4.78, 5) is 4.37. The lowest BCUT2D eigenvalue weighted by Gasteiger charge is -2.04. The van der Waals surface area contributed by atoms with Crippen LogP contribution in [0, 0.1) is 0 Å². The van der Waals surface area contributed by atoms with E-state index in [-0.39, 0.29) is 0 Å². The predicted octanol–water partition coefficient (Wildman–Crippen LogP) is 3.74. The number of nitrogens with zero attached hydrogens (tertiary/aromatic N) is 2. The van der Waals surface area contributed by atoms with E-state index in [1.165, 1.54) is 0 Å². The smallest absolute Gasteiger partial charge is 0.0953 e. The fraction of sp³-hybridized carbons (Fsp3) is 0.357. The van der Waals surface area contributed by atoms with Crippen molar-refractivity contribution in [3.05, 3.63) is 52.0 Å². The van der Waals surface area contributed by atoms with Crippen molar-refractivity contribution in [2.24, 2.45) is 0 Å². The highest BCUT2D eigenvalue weighted by molar-refractivity contribution is 6.42. The summed E-state index contributed by atoms with van der Waals surface area (Å²) in [6.45, 7) is 4.72. The van der Waals surface area contributed by atoms with Crippen LogP contribution in [-0.2, 0) is 13.1 Å². The van der Waals surface area contributed by atoms with Gasteiger partial charge in [-0.05, 0) is 30.7 Å². The van der Waals surface area contributed by atoms with Crippen molar-refractivity contribution < 1.29 is 0 Å². The van der Waals surface area contributed by atoms with Gasteiger partial charge in [0.15, 0.2) is 0 Å². The molecule has 0 saturated carbocycles. The van der Waals surface area contributed by atoms with E-state index in [4.69, 9.17) is 23.2 Å². The largest absolute Gasteiger partial charge is 0.333 e. The maximum Gasteiger partial charge on any atom is 0.0953 e. The Kier molecular flexibility index (Phi) is 5.25. The Morgan fingerprint density at radius 3 is 2.84 bits per heavy atom. The van der Waals surface area contributed by atoms with E-state index in [0.29, 0.717) is 10.0 Å². The van der Waals surface area contributed by atoms with Gasteiger partial charge >= 0.3 is 0 Å². The second-order valence-corrected chi connectivity index (χ2v) is 5.28. The SMILES string of the molecule is CCCNCc1cn(Cc2ccc(Cl)c(Cl)c2)cn1. The molecular weight excluding hydrogens is 281 g/mol. The Hall–Kier alpha value is -1.03. The minimum atomic E-state index is 0.584. The van der Waals surface area contributed by atoms with Crippen LogP contribution < -0.4 is 5.32 Å². The van der Waals surface area contributed by atoms with Gasteiger partial charge in [-0.15, -0.1) is 0 Å². The Labute approximate surface area is 123 Å². The van der Waals surface area contributed by atoms with E-state index in [2.05, 4.69) is 17.2 Å². The van der Waals surface area contributed by atoms with Crippen LogP contribution in [0.25, 0.3) is 0 Å². The zero-order chi connectivity index (χ0) is 13.7. The highest BCUT2D eigenvalue weighted by Crippen LogP contribution is 2.22. The van der Waals surface area contributed by atoms with Crippen molar-refractivity contribution >= 4 is 23.2 Å². The van der Waals surface area contributed by atoms with Gasteiger partial charge in [0.2, 0.25) is 0 Å². The first kappa shape index (κ1) is 14.4. The van der Waals surface area contributed by atoms with E-state index >= 15 is 0 Å². The Bertz CT molecular complexity index is 537. The highest BCUT2D eigenvalue weighted by atomic mass is 35.5. The van der Waals surface area contributed by atoms with Gasteiger partial charge in [-0.1, -0.05) is 36.2 Å². The van der Waals surface area contributed by atoms with Crippen LogP contribution in [0.15, 0.2) is 30.7 Å². The van der Waals surface area contributed by atoms with E-state index in [0.717, 1.165) is 37.3 Å². The molecular formula is C14H17Cl2N3.